The minimum atomic E-state index is -1.07. The Bertz CT molecular complexity index is 420. The van der Waals surface area contributed by atoms with Gasteiger partial charge in [-0.15, -0.1) is 0 Å². The largest absolute Gasteiger partial charge is 0.478 e. The van der Waals surface area contributed by atoms with E-state index in [0.29, 0.717) is 19.5 Å². The van der Waals surface area contributed by atoms with Crippen LogP contribution in [0, 0.1) is 5.92 Å². The summed E-state index contributed by atoms with van der Waals surface area (Å²) >= 11 is 0. The second kappa shape index (κ2) is 6.36. The van der Waals surface area contributed by atoms with Crippen molar-refractivity contribution >= 4 is 17.8 Å². The molecule has 0 bridgehead atoms. The van der Waals surface area contributed by atoms with Crippen molar-refractivity contribution in [3.63, 3.8) is 0 Å². The predicted octanol–water partition coefficient (Wildman–Crippen LogP) is 0.521. The van der Waals surface area contributed by atoms with Gasteiger partial charge in [0.25, 0.3) is 0 Å². The molecule has 6 nitrogen and oxygen atoms in total. The molecular weight excluding hydrogens is 248 g/mol. The highest BCUT2D eigenvalue weighted by Crippen LogP contribution is 2.21. The van der Waals surface area contributed by atoms with E-state index >= 15 is 0 Å². The molecule has 1 saturated heterocycles. The number of primary amides is 1. The molecule has 1 rings (SSSR count). The Morgan fingerprint density at radius 3 is 2.11 bits per heavy atom. The monoisotopic (exact) mass is 268 g/mol. The molecule has 0 radical (unpaired) electrons. The SMILES string of the molecule is C/C(C(=O)O)=C(\C)C(=O)N1CCC(CC(N)=O)CC1. The normalized spacial score (nSPS) is 17.9. The van der Waals surface area contributed by atoms with Gasteiger partial charge in [-0.3, -0.25) is 9.59 Å². The van der Waals surface area contributed by atoms with E-state index < -0.39 is 5.97 Å². The van der Waals surface area contributed by atoms with E-state index in [0.717, 1.165) is 12.8 Å². The summed E-state index contributed by atoms with van der Waals surface area (Å²) in [6.07, 6.45) is 1.81. The second-order valence-electron chi connectivity index (χ2n) is 4.96. The molecule has 6 heteroatoms. The first kappa shape index (κ1) is 15.2. The number of amides is 2. The fourth-order valence-electron chi connectivity index (χ4n) is 2.18. The Kier molecular flexibility index (Phi) is 5.09. The van der Waals surface area contributed by atoms with Gasteiger partial charge in [-0.2, -0.15) is 0 Å². The predicted molar refractivity (Wildman–Crippen MR) is 69.1 cm³/mol. The molecule has 0 aromatic rings. The molecule has 1 fully saturated rings. The number of hydrogen-bond acceptors (Lipinski definition) is 3. The second-order valence-corrected chi connectivity index (χ2v) is 4.96. The topological polar surface area (TPSA) is 101 Å². The summed E-state index contributed by atoms with van der Waals surface area (Å²) in [5.41, 5.74) is 5.48. The van der Waals surface area contributed by atoms with Gasteiger partial charge in [0.15, 0.2) is 0 Å². The minimum Gasteiger partial charge on any atom is -0.478 e. The highest BCUT2D eigenvalue weighted by molar-refractivity contribution is 6.01. The molecule has 0 spiro atoms. The Labute approximate surface area is 112 Å². The first-order chi connectivity index (χ1) is 8.82. The quantitative estimate of drug-likeness (QED) is 0.726. The van der Waals surface area contributed by atoms with E-state index in [9.17, 15) is 14.4 Å². The van der Waals surface area contributed by atoms with Crippen LogP contribution in [0.1, 0.15) is 33.1 Å². The summed E-state index contributed by atoms with van der Waals surface area (Å²) in [6.45, 7) is 4.04. The Morgan fingerprint density at radius 2 is 1.68 bits per heavy atom. The fraction of sp³-hybridized carbons (Fsp3) is 0.615. The summed E-state index contributed by atoms with van der Waals surface area (Å²) in [7, 11) is 0. The van der Waals surface area contributed by atoms with Gasteiger partial charge in [-0.25, -0.2) is 4.79 Å². The van der Waals surface area contributed by atoms with Crippen LogP contribution in [0.4, 0.5) is 0 Å². The molecule has 0 aromatic carbocycles. The van der Waals surface area contributed by atoms with Gasteiger partial charge in [0, 0.05) is 30.7 Å². The van der Waals surface area contributed by atoms with E-state index in [2.05, 4.69) is 0 Å². The fourth-order valence-corrected chi connectivity index (χ4v) is 2.18. The Hall–Kier alpha value is -1.85. The number of carboxylic acids is 1. The van der Waals surface area contributed by atoms with Gasteiger partial charge in [-0.05, 0) is 32.6 Å². The highest BCUT2D eigenvalue weighted by Gasteiger charge is 2.25. The van der Waals surface area contributed by atoms with Crippen LogP contribution in [0.15, 0.2) is 11.1 Å². The number of aliphatic carboxylic acids is 1. The number of carbonyl (C=O) groups excluding carboxylic acids is 2. The number of rotatable bonds is 4. The van der Waals surface area contributed by atoms with Crippen molar-refractivity contribution in [2.75, 3.05) is 13.1 Å². The van der Waals surface area contributed by atoms with Gasteiger partial charge < -0.3 is 15.7 Å². The first-order valence-electron chi connectivity index (χ1n) is 6.31. The van der Waals surface area contributed by atoms with Gasteiger partial charge in [0.2, 0.25) is 11.8 Å². The van der Waals surface area contributed by atoms with Crippen LogP contribution in [0.5, 0.6) is 0 Å². The number of hydrogen-bond donors (Lipinski definition) is 2. The van der Waals surface area contributed by atoms with Crippen molar-refractivity contribution in [3.8, 4) is 0 Å². The van der Waals surface area contributed by atoms with Gasteiger partial charge in [-0.1, -0.05) is 0 Å². The number of likely N-dealkylation sites (tertiary alicyclic amines) is 1. The van der Waals surface area contributed by atoms with E-state index in [1.165, 1.54) is 13.8 Å². The number of carboxylic acid groups (broad SMARTS) is 1. The highest BCUT2D eigenvalue weighted by atomic mass is 16.4. The molecule has 1 aliphatic rings. The first-order valence-corrected chi connectivity index (χ1v) is 6.31. The standard InChI is InChI=1S/C13H20N2O4/c1-8(9(2)13(18)19)12(17)15-5-3-10(4-6-15)7-11(14)16/h10H,3-7H2,1-2H3,(H2,14,16)(H,18,19)/b9-8-. The third kappa shape index (κ3) is 4.08. The van der Waals surface area contributed by atoms with Crippen molar-refractivity contribution in [2.45, 2.75) is 33.1 Å². The van der Waals surface area contributed by atoms with Crippen LogP contribution in [-0.2, 0) is 14.4 Å². The lowest BCUT2D eigenvalue weighted by molar-refractivity contribution is -0.134. The number of nitrogens with two attached hydrogens (primary N) is 1. The van der Waals surface area contributed by atoms with Crippen LogP contribution < -0.4 is 5.73 Å². The van der Waals surface area contributed by atoms with Crippen LogP contribution in [-0.4, -0.2) is 40.9 Å². The average molecular weight is 268 g/mol. The number of carbonyl (C=O) groups is 3. The van der Waals surface area contributed by atoms with E-state index in [4.69, 9.17) is 10.8 Å². The number of nitrogens with zero attached hydrogens (tertiary/aromatic N) is 1. The maximum atomic E-state index is 12.1. The maximum absolute atomic E-state index is 12.1. The molecule has 2 amide bonds. The molecule has 19 heavy (non-hydrogen) atoms. The van der Waals surface area contributed by atoms with Crippen molar-refractivity contribution in [3.05, 3.63) is 11.1 Å². The van der Waals surface area contributed by atoms with Crippen molar-refractivity contribution in [1.82, 2.24) is 4.90 Å². The summed E-state index contributed by atoms with van der Waals surface area (Å²) in [5.74, 6) is -1.40. The van der Waals surface area contributed by atoms with E-state index in [-0.39, 0.29) is 28.9 Å². The van der Waals surface area contributed by atoms with Crippen molar-refractivity contribution in [2.24, 2.45) is 11.7 Å². The van der Waals surface area contributed by atoms with E-state index in [1.807, 2.05) is 0 Å². The molecule has 1 aliphatic heterocycles. The lowest BCUT2D eigenvalue weighted by atomic mass is 9.93. The zero-order valence-electron chi connectivity index (χ0n) is 11.3. The summed E-state index contributed by atoms with van der Waals surface area (Å²) < 4.78 is 0. The molecule has 106 valence electrons. The zero-order chi connectivity index (χ0) is 14.6. The lowest BCUT2D eigenvalue weighted by Gasteiger charge is -2.32. The van der Waals surface area contributed by atoms with Crippen molar-refractivity contribution in [1.29, 1.82) is 0 Å². The van der Waals surface area contributed by atoms with Crippen LogP contribution >= 0.6 is 0 Å². The summed E-state index contributed by atoms with van der Waals surface area (Å²) in [4.78, 5) is 35.4. The smallest absolute Gasteiger partial charge is 0.331 e. The minimum absolute atomic E-state index is 0.0734. The zero-order valence-corrected chi connectivity index (χ0v) is 11.3. The Balaban J connectivity index is 2.61. The average Bonchev–Trinajstić information content (AvgIpc) is 2.36. The molecule has 0 aromatic heterocycles. The third-order valence-electron chi connectivity index (χ3n) is 3.60. The van der Waals surface area contributed by atoms with Crippen LogP contribution in [0.3, 0.4) is 0 Å². The van der Waals surface area contributed by atoms with Gasteiger partial charge in [0.05, 0.1) is 0 Å². The Morgan fingerprint density at radius 1 is 1.16 bits per heavy atom. The summed E-state index contributed by atoms with van der Waals surface area (Å²) in [6, 6.07) is 0. The van der Waals surface area contributed by atoms with Gasteiger partial charge in [0.1, 0.15) is 0 Å². The van der Waals surface area contributed by atoms with E-state index in [1.54, 1.807) is 4.90 Å². The van der Waals surface area contributed by atoms with Gasteiger partial charge >= 0.3 is 5.97 Å². The molecule has 0 unspecified atom stereocenters. The lowest BCUT2D eigenvalue weighted by Crippen LogP contribution is -2.40. The molecule has 0 saturated carbocycles. The van der Waals surface area contributed by atoms with Crippen LogP contribution in [0.2, 0.25) is 0 Å². The van der Waals surface area contributed by atoms with Crippen LogP contribution in [0.25, 0.3) is 0 Å². The molecule has 1 heterocycles. The molecule has 0 aliphatic carbocycles. The number of piperidine rings is 1. The summed E-state index contributed by atoms with van der Waals surface area (Å²) in [5, 5.41) is 8.86. The molecule has 3 N–H and O–H groups in total. The molecular formula is C13H20N2O4. The molecule has 0 atom stereocenters. The third-order valence-corrected chi connectivity index (χ3v) is 3.60. The maximum Gasteiger partial charge on any atom is 0.331 e. The van der Waals surface area contributed by atoms with Crippen molar-refractivity contribution < 1.29 is 19.5 Å².